The van der Waals surface area contributed by atoms with E-state index in [-0.39, 0.29) is 0 Å². The van der Waals surface area contributed by atoms with Crippen molar-refractivity contribution in [2.45, 2.75) is 0 Å². The quantitative estimate of drug-likeness (QED) is 0.617. The Bertz CT molecular complexity index is 266. The van der Waals surface area contributed by atoms with E-state index in [0.717, 1.165) is 10.8 Å². The van der Waals surface area contributed by atoms with Crippen LogP contribution in [0.15, 0.2) is 35.3 Å². The van der Waals surface area contributed by atoms with Crippen molar-refractivity contribution in [2.24, 2.45) is 4.99 Å². The molecule has 55 valence electrons. The van der Waals surface area contributed by atoms with Crippen molar-refractivity contribution < 1.29 is 0 Å². The lowest BCUT2D eigenvalue weighted by atomic mass is 10.2. The molecule has 0 aromatic heterocycles. The van der Waals surface area contributed by atoms with Crippen LogP contribution in [0.5, 0.6) is 0 Å². The molecule has 1 radical (unpaired) electrons. The third kappa shape index (κ3) is 1.46. The second kappa shape index (κ2) is 3.09. The first-order valence-electron chi connectivity index (χ1n) is 3.54. The van der Waals surface area contributed by atoms with E-state index in [0.29, 0.717) is 0 Å². The Morgan fingerprint density at radius 3 is 2.64 bits per heavy atom. The van der Waals surface area contributed by atoms with Crippen LogP contribution >= 0.6 is 11.8 Å². The van der Waals surface area contributed by atoms with E-state index in [2.05, 4.69) is 17.1 Å². The fourth-order valence-corrected chi connectivity index (χ4v) is 1.77. The second-order valence-corrected chi connectivity index (χ2v) is 3.30. The van der Waals surface area contributed by atoms with Gasteiger partial charge in [-0.05, 0) is 0 Å². The molecule has 1 nitrogen and oxygen atoms in total. The number of thioether (sulfide) groups is 1. The van der Waals surface area contributed by atoms with Gasteiger partial charge in [-0.15, -0.1) is 11.8 Å². The molecule has 0 aliphatic carbocycles. The lowest BCUT2D eigenvalue weighted by Crippen LogP contribution is -1.89. The zero-order valence-electron chi connectivity index (χ0n) is 6.03. The van der Waals surface area contributed by atoms with Crippen molar-refractivity contribution in [3.63, 3.8) is 0 Å². The smallest absolute Gasteiger partial charge is 0.0982 e. The van der Waals surface area contributed by atoms with Gasteiger partial charge in [0.25, 0.3) is 0 Å². The highest BCUT2D eigenvalue weighted by Crippen LogP contribution is 2.20. The molecule has 0 saturated heterocycles. The van der Waals surface area contributed by atoms with E-state index < -0.39 is 0 Å². The summed E-state index contributed by atoms with van der Waals surface area (Å²) in [7, 11) is 0. The minimum absolute atomic E-state index is 1.02. The highest BCUT2D eigenvalue weighted by molar-refractivity contribution is 8.14. The molecule has 1 aromatic carbocycles. The van der Waals surface area contributed by atoms with E-state index in [1.165, 1.54) is 5.56 Å². The SMILES string of the molecule is [CH]1CSC(c2ccccc2)=N1. The van der Waals surface area contributed by atoms with Crippen LogP contribution in [0.1, 0.15) is 5.56 Å². The molecule has 0 bridgehead atoms. The van der Waals surface area contributed by atoms with Crippen LogP contribution in [-0.4, -0.2) is 10.8 Å². The zero-order valence-corrected chi connectivity index (χ0v) is 6.84. The Hall–Kier alpha value is -0.760. The summed E-state index contributed by atoms with van der Waals surface area (Å²) < 4.78 is 0. The van der Waals surface area contributed by atoms with Crippen molar-refractivity contribution in [3.05, 3.63) is 42.4 Å². The number of aliphatic imine (C=N–C) groups is 1. The van der Waals surface area contributed by atoms with Gasteiger partial charge >= 0.3 is 0 Å². The van der Waals surface area contributed by atoms with Crippen LogP contribution in [0.2, 0.25) is 0 Å². The average molecular weight is 162 g/mol. The average Bonchev–Trinajstić information content (AvgIpc) is 2.58. The fraction of sp³-hybridized carbons (Fsp3) is 0.111. The van der Waals surface area contributed by atoms with Gasteiger partial charge in [-0.3, -0.25) is 4.99 Å². The minimum Gasteiger partial charge on any atom is -0.271 e. The summed E-state index contributed by atoms with van der Waals surface area (Å²) in [6, 6.07) is 10.3. The van der Waals surface area contributed by atoms with Gasteiger partial charge in [0.2, 0.25) is 0 Å². The molecular formula is C9H8NS. The Labute approximate surface area is 70.5 Å². The molecule has 0 spiro atoms. The third-order valence-electron chi connectivity index (χ3n) is 1.52. The molecule has 2 heteroatoms. The molecule has 11 heavy (non-hydrogen) atoms. The maximum atomic E-state index is 4.26. The summed E-state index contributed by atoms with van der Waals surface area (Å²) in [5, 5.41) is 1.14. The summed E-state index contributed by atoms with van der Waals surface area (Å²) in [6.07, 6.45) is 0. The minimum atomic E-state index is 1.02. The van der Waals surface area contributed by atoms with Gasteiger partial charge in [0.05, 0.1) is 11.6 Å². The van der Waals surface area contributed by atoms with Crippen molar-refractivity contribution in [1.29, 1.82) is 0 Å². The molecule has 0 N–H and O–H groups in total. The maximum absolute atomic E-state index is 4.26. The van der Waals surface area contributed by atoms with Gasteiger partial charge in [0.15, 0.2) is 0 Å². The maximum Gasteiger partial charge on any atom is 0.0982 e. The van der Waals surface area contributed by atoms with Gasteiger partial charge in [0, 0.05) is 11.3 Å². The first kappa shape index (κ1) is 6.92. The normalized spacial score (nSPS) is 16.5. The van der Waals surface area contributed by atoms with Crippen molar-refractivity contribution >= 4 is 16.8 Å². The Balaban J connectivity index is 2.29. The largest absolute Gasteiger partial charge is 0.271 e. The van der Waals surface area contributed by atoms with Gasteiger partial charge in [-0.25, -0.2) is 0 Å². The molecule has 2 rings (SSSR count). The highest BCUT2D eigenvalue weighted by atomic mass is 32.2. The van der Waals surface area contributed by atoms with E-state index in [9.17, 15) is 0 Å². The van der Waals surface area contributed by atoms with E-state index in [1.807, 2.05) is 24.7 Å². The zero-order chi connectivity index (χ0) is 7.52. The number of rotatable bonds is 1. The number of benzene rings is 1. The van der Waals surface area contributed by atoms with Crippen molar-refractivity contribution in [3.8, 4) is 0 Å². The first-order valence-corrected chi connectivity index (χ1v) is 4.53. The summed E-state index contributed by atoms with van der Waals surface area (Å²) in [6.45, 7) is 1.95. The van der Waals surface area contributed by atoms with Gasteiger partial charge < -0.3 is 0 Å². The Morgan fingerprint density at radius 1 is 1.18 bits per heavy atom. The molecule has 0 atom stereocenters. The van der Waals surface area contributed by atoms with Gasteiger partial charge in [-0.2, -0.15) is 0 Å². The molecule has 0 amide bonds. The van der Waals surface area contributed by atoms with Crippen LogP contribution in [0.4, 0.5) is 0 Å². The van der Waals surface area contributed by atoms with Gasteiger partial charge in [-0.1, -0.05) is 30.3 Å². The molecule has 1 heterocycles. The topological polar surface area (TPSA) is 12.4 Å². The third-order valence-corrected chi connectivity index (χ3v) is 2.45. The highest BCUT2D eigenvalue weighted by Gasteiger charge is 2.08. The van der Waals surface area contributed by atoms with Crippen LogP contribution < -0.4 is 0 Å². The lowest BCUT2D eigenvalue weighted by molar-refractivity contribution is 1.36. The Kier molecular flexibility index (Phi) is 1.95. The first-order chi connectivity index (χ1) is 5.47. The summed E-state index contributed by atoms with van der Waals surface area (Å²) in [4.78, 5) is 4.26. The lowest BCUT2D eigenvalue weighted by Gasteiger charge is -1.96. The second-order valence-electron chi connectivity index (χ2n) is 2.29. The molecule has 1 aliphatic heterocycles. The molecule has 1 aromatic rings. The molecule has 1 aliphatic rings. The molecule has 0 fully saturated rings. The van der Waals surface area contributed by atoms with Crippen LogP contribution in [0, 0.1) is 6.54 Å². The van der Waals surface area contributed by atoms with Crippen LogP contribution in [0.3, 0.4) is 0 Å². The molecule has 0 unspecified atom stereocenters. The summed E-state index contributed by atoms with van der Waals surface area (Å²) in [5.74, 6) is 1.02. The number of hydrogen-bond acceptors (Lipinski definition) is 2. The number of hydrogen-bond donors (Lipinski definition) is 0. The van der Waals surface area contributed by atoms with E-state index >= 15 is 0 Å². The standard InChI is InChI=1S/C9H8NS/c1-2-4-8(5-3-1)9-10-6-7-11-9/h1-6H,7H2. The monoisotopic (exact) mass is 162 g/mol. The summed E-state index contributed by atoms with van der Waals surface area (Å²) in [5.41, 5.74) is 1.23. The molecular weight excluding hydrogens is 154 g/mol. The molecule has 0 saturated carbocycles. The predicted molar refractivity (Wildman–Crippen MR) is 49.7 cm³/mol. The van der Waals surface area contributed by atoms with Crippen molar-refractivity contribution in [1.82, 2.24) is 0 Å². The van der Waals surface area contributed by atoms with E-state index in [1.54, 1.807) is 11.8 Å². The number of nitrogens with zero attached hydrogens (tertiary/aromatic N) is 1. The van der Waals surface area contributed by atoms with Crippen LogP contribution in [0.25, 0.3) is 0 Å². The van der Waals surface area contributed by atoms with Crippen LogP contribution in [-0.2, 0) is 0 Å². The van der Waals surface area contributed by atoms with Gasteiger partial charge in [0.1, 0.15) is 0 Å². The van der Waals surface area contributed by atoms with E-state index in [4.69, 9.17) is 0 Å². The Morgan fingerprint density at radius 2 is 2.00 bits per heavy atom. The fourth-order valence-electron chi connectivity index (χ4n) is 1.01. The summed E-state index contributed by atoms with van der Waals surface area (Å²) >= 11 is 1.79. The van der Waals surface area contributed by atoms with Crippen molar-refractivity contribution in [2.75, 3.05) is 5.75 Å². The predicted octanol–water partition coefficient (Wildman–Crippen LogP) is 2.34.